The molecular formula is C11H10BrFN4O. The van der Waals surface area contributed by atoms with Crippen LogP contribution in [0.15, 0.2) is 40.2 Å². The van der Waals surface area contributed by atoms with Gasteiger partial charge in [-0.3, -0.25) is 4.68 Å². The highest BCUT2D eigenvalue weighted by Crippen LogP contribution is 2.14. The molecule has 0 aliphatic carbocycles. The van der Waals surface area contributed by atoms with Crippen molar-refractivity contribution in [1.29, 1.82) is 0 Å². The molecule has 0 saturated carbocycles. The molecule has 1 aromatic carbocycles. The van der Waals surface area contributed by atoms with Crippen molar-refractivity contribution in [3.8, 4) is 0 Å². The van der Waals surface area contributed by atoms with Crippen LogP contribution >= 0.6 is 15.9 Å². The summed E-state index contributed by atoms with van der Waals surface area (Å²) in [5, 5.41) is 15.7. The maximum Gasteiger partial charge on any atom is 0.170 e. The molecular weight excluding hydrogens is 303 g/mol. The van der Waals surface area contributed by atoms with E-state index in [1.165, 1.54) is 12.1 Å². The Hall–Kier alpha value is -1.89. The number of hydrogen-bond acceptors (Lipinski definition) is 3. The van der Waals surface area contributed by atoms with E-state index < -0.39 is 5.82 Å². The largest absolute Gasteiger partial charge is 0.409 e. The first-order valence-electron chi connectivity index (χ1n) is 5.04. The standard InChI is InChI=1S/C11H10BrFN4O/c12-8-4-15-17(6-8)5-7-1-2-9(13)3-10(7)11(14)16-18/h1-4,6,18H,5H2,(H2,14,16). The Balaban J connectivity index is 2.38. The zero-order chi connectivity index (χ0) is 13.1. The minimum atomic E-state index is -0.443. The van der Waals surface area contributed by atoms with Gasteiger partial charge in [-0.2, -0.15) is 5.10 Å². The average Bonchev–Trinajstić information content (AvgIpc) is 2.76. The van der Waals surface area contributed by atoms with Crippen molar-refractivity contribution < 1.29 is 9.60 Å². The number of oxime groups is 1. The van der Waals surface area contributed by atoms with Crippen LogP contribution < -0.4 is 5.73 Å². The van der Waals surface area contributed by atoms with Crippen LogP contribution in [0.25, 0.3) is 0 Å². The Bertz CT molecular complexity index is 596. The molecule has 0 radical (unpaired) electrons. The summed E-state index contributed by atoms with van der Waals surface area (Å²) in [4.78, 5) is 0. The minimum absolute atomic E-state index is 0.129. The third kappa shape index (κ3) is 2.67. The Kier molecular flexibility index (Phi) is 3.61. The number of halogens is 2. The zero-order valence-corrected chi connectivity index (χ0v) is 10.8. The van der Waals surface area contributed by atoms with Crippen molar-refractivity contribution in [2.75, 3.05) is 0 Å². The van der Waals surface area contributed by atoms with Gasteiger partial charge in [0.1, 0.15) is 5.82 Å². The topological polar surface area (TPSA) is 76.4 Å². The van der Waals surface area contributed by atoms with Gasteiger partial charge in [0.05, 0.1) is 17.2 Å². The molecule has 2 rings (SSSR count). The molecule has 5 nitrogen and oxygen atoms in total. The number of amidine groups is 1. The molecule has 0 bridgehead atoms. The van der Waals surface area contributed by atoms with Gasteiger partial charge in [-0.05, 0) is 33.6 Å². The summed E-state index contributed by atoms with van der Waals surface area (Å²) in [6.07, 6.45) is 3.42. The Labute approximate surface area is 111 Å². The summed E-state index contributed by atoms with van der Waals surface area (Å²) in [5.41, 5.74) is 6.58. The number of nitrogens with zero attached hydrogens (tertiary/aromatic N) is 3. The third-order valence-electron chi connectivity index (χ3n) is 2.39. The highest BCUT2D eigenvalue weighted by Gasteiger charge is 2.09. The minimum Gasteiger partial charge on any atom is -0.409 e. The quantitative estimate of drug-likeness (QED) is 0.393. The van der Waals surface area contributed by atoms with Crippen molar-refractivity contribution in [2.24, 2.45) is 10.9 Å². The van der Waals surface area contributed by atoms with Crippen LogP contribution in [0, 0.1) is 5.82 Å². The Morgan fingerprint density at radius 3 is 2.94 bits per heavy atom. The van der Waals surface area contributed by atoms with Crippen molar-refractivity contribution >= 4 is 21.8 Å². The maximum atomic E-state index is 13.2. The van der Waals surface area contributed by atoms with Gasteiger partial charge in [-0.15, -0.1) is 0 Å². The molecule has 0 unspecified atom stereocenters. The monoisotopic (exact) mass is 312 g/mol. The fourth-order valence-electron chi connectivity index (χ4n) is 1.58. The Morgan fingerprint density at radius 1 is 1.56 bits per heavy atom. The first-order chi connectivity index (χ1) is 8.60. The smallest absolute Gasteiger partial charge is 0.170 e. The molecule has 3 N–H and O–H groups in total. The van der Waals surface area contributed by atoms with E-state index in [4.69, 9.17) is 10.9 Å². The van der Waals surface area contributed by atoms with Gasteiger partial charge in [0.15, 0.2) is 5.84 Å². The molecule has 0 spiro atoms. The average molecular weight is 313 g/mol. The third-order valence-corrected chi connectivity index (χ3v) is 2.80. The molecule has 94 valence electrons. The molecule has 0 fully saturated rings. The van der Waals surface area contributed by atoms with Crippen LogP contribution in [-0.2, 0) is 6.54 Å². The van der Waals surface area contributed by atoms with Crippen molar-refractivity contribution in [2.45, 2.75) is 6.54 Å². The molecule has 0 aliphatic heterocycles. The molecule has 0 amide bonds. The number of rotatable bonds is 3. The fraction of sp³-hybridized carbons (Fsp3) is 0.0909. The molecule has 0 saturated heterocycles. The van der Waals surface area contributed by atoms with Gasteiger partial charge in [0.2, 0.25) is 0 Å². The second-order valence-corrected chi connectivity index (χ2v) is 4.56. The van der Waals surface area contributed by atoms with Crippen LogP contribution in [-0.4, -0.2) is 20.8 Å². The van der Waals surface area contributed by atoms with E-state index >= 15 is 0 Å². The summed E-state index contributed by atoms with van der Waals surface area (Å²) < 4.78 is 15.7. The van der Waals surface area contributed by atoms with E-state index in [1.54, 1.807) is 23.1 Å². The summed E-state index contributed by atoms with van der Waals surface area (Å²) in [7, 11) is 0. The lowest BCUT2D eigenvalue weighted by Gasteiger charge is -2.08. The molecule has 1 heterocycles. The normalized spacial score (nSPS) is 11.8. The van der Waals surface area contributed by atoms with Gasteiger partial charge in [-0.1, -0.05) is 11.2 Å². The van der Waals surface area contributed by atoms with E-state index in [0.717, 1.165) is 4.47 Å². The molecule has 1 aromatic heterocycles. The van der Waals surface area contributed by atoms with Crippen molar-refractivity contribution in [3.63, 3.8) is 0 Å². The SMILES string of the molecule is NC(=NO)c1cc(F)ccc1Cn1cc(Br)cn1. The maximum absolute atomic E-state index is 13.2. The number of aromatic nitrogens is 2. The van der Waals surface area contributed by atoms with E-state index in [0.29, 0.717) is 17.7 Å². The predicted molar refractivity (Wildman–Crippen MR) is 67.9 cm³/mol. The second kappa shape index (κ2) is 5.18. The van der Waals surface area contributed by atoms with Crippen LogP contribution in [0.2, 0.25) is 0 Å². The summed E-state index contributed by atoms with van der Waals surface area (Å²) in [6.45, 7) is 0.400. The van der Waals surface area contributed by atoms with Crippen LogP contribution in [0.1, 0.15) is 11.1 Å². The number of nitrogens with two attached hydrogens (primary N) is 1. The van der Waals surface area contributed by atoms with Crippen LogP contribution in [0.5, 0.6) is 0 Å². The van der Waals surface area contributed by atoms with Crippen molar-refractivity contribution in [3.05, 3.63) is 52.0 Å². The predicted octanol–water partition coefficient (Wildman–Crippen LogP) is 1.93. The zero-order valence-electron chi connectivity index (χ0n) is 9.22. The van der Waals surface area contributed by atoms with Crippen LogP contribution in [0.3, 0.4) is 0 Å². The molecule has 2 aromatic rings. The molecule has 0 aliphatic rings. The summed E-state index contributed by atoms with van der Waals surface area (Å²) >= 11 is 3.29. The molecule has 18 heavy (non-hydrogen) atoms. The highest BCUT2D eigenvalue weighted by molar-refractivity contribution is 9.10. The number of hydrogen-bond donors (Lipinski definition) is 2. The lowest BCUT2D eigenvalue weighted by atomic mass is 10.1. The first kappa shape index (κ1) is 12.6. The fourth-order valence-corrected chi connectivity index (χ4v) is 1.91. The lowest BCUT2D eigenvalue weighted by Crippen LogP contribution is -2.17. The van der Waals surface area contributed by atoms with E-state index in [1.807, 2.05) is 0 Å². The van der Waals surface area contributed by atoms with Gasteiger partial charge in [0.25, 0.3) is 0 Å². The van der Waals surface area contributed by atoms with Crippen molar-refractivity contribution in [1.82, 2.24) is 9.78 Å². The van der Waals surface area contributed by atoms with Gasteiger partial charge < -0.3 is 10.9 Å². The van der Waals surface area contributed by atoms with Crippen LogP contribution in [0.4, 0.5) is 4.39 Å². The second-order valence-electron chi connectivity index (χ2n) is 3.64. The first-order valence-corrected chi connectivity index (χ1v) is 5.83. The van der Waals surface area contributed by atoms with Gasteiger partial charge >= 0.3 is 0 Å². The van der Waals surface area contributed by atoms with E-state index in [-0.39, 0.29) is 5.84 Å². The Morgan fingerprint density at radius 2 is 2.33 bits per heavy atom. The molecule has 0 atom stereocenters. The lowest BCUT2D eigenvalue weighted by molar-refractivity contribution is 0.318. The highest BCUT2D eigenvalue weighted by atomic mass is 79.9. The summed E-state index contributed by atoms with van der Waals surface area (Å²) in [5.74, 6) is -0.572. The molecule has 7 heteroatoms. The number of benzene rings is 1. The van der Waals surface area contributed by atoms with E-state index in [2.05, 4.69) is 26.2 Å². The van der Waals surface area contributed by atoms with Gasteiger partial charge in [0, 0.05) is 11.8 Å². The van der Waals surface area contributed by atoms with E-state index in [9.17, 15) is 4.39 Å². The summed E-state index contributed by atoms with van der Waals surface area (Å²) in [6, 6.07) is 4.13. The van der Waals surface area contributed by atoms with Gasteiger partial charge in [-0.25, -0.2) is 4.39 Å².